The number of aromatic nitrogens is 1. The van der Waals surface area contributed by atoms with Gasteiger partial charge in [-0.3, -0.25) is 4.98 Å². The van der Waals surface area contributed by atoms with Gasteiger partial charge in [0.1, 0.15) is 0 Å². The van der Waals surface area contributed by atoms with Crippen molar-refractivity contribution in [2.75, 3.05) is 32.2 Å². The summed E-state index contributed by atoms with van der Waals surface area (Å²) in [5, 5.41) is 3.02. The van der Waals surface area contributed by atoms with Crippen LogP contribution in [0.4, 0.5) is 10.5 Å². The van der Waals surface area contributed by atoms with Gasteiger partial charge in [-0.25, -0.2) is 4.79 Å². The zero-order valence-electron chi connectivity index (χ0n) is 15.1. The van der Waals surface area contributed by atoms with Gasteiger partial charge in [-0.2, -0.15) is 0 Å². The number of carbonyl (C=O) groups excluding carboxylic acids is 1. The van der Waals surface area contributed by atoms with E-state index >= 15 is 0 Å². The SMILES string of the molecule is COCCOCc1cccc(NC(=O)N2CCC[C@H]2c2ccncc2)c1. The highest BCUT2D eigenvalue weighted by atomic mass is 16.5. The lowest BCUT2D eigenvalue weighted by Crippen LogP contribution is -2.34. The predicted molar refractivity (Wildman–Crippen MR) is 99.9 cm³/mol. The van der Waals surface area contributed by atoms with E-state index in [0.717, 1.165) is 36.2 Å². The van der Waals surface area contributed by atoms with Crippen molar-refractivity contribution >= 4 is 11.7 Å². The Bertz CT molecular complexity index is 708. The van der Waals surface area contributed by atoms with Gasteiger partial charge in [0.25, 0.3) is 0 Å². The van der Waals surface area contributed by atoms with Crippen LogP contribution in [0.1, 0.15) is 30.0 Å². The maximum Gasteiger partial charge on any atom is 0.322 e. The van der Waals surface area contributed by atoms with Crippen molar-refractivity contribution in [2.24, 2.45) is 0 Å². The number of anilines is 1. The molecule has 1 N–H and O–H groups in total. The van der Waals surface area contributed by atoms with Crippen LogP contribution in [0.25, 0.3) is 0 Å². The van der Waals surface area contributed by atoms with Crippen LogP contribution < -0.4 is 5.32 Å². The molecule has 0 radical (unpaired) electrons. The molecular weight excluding hydrogens is 330 g/mol. The maximum atomic E-state index is 12.8. The quantitative estimate of drug-likeness (QED) is 0.771. The van der Waals surface area contributed by atoms with E-state index in [1.165, 1.54) is 0 Å². The summed E-state index contributed by atoms with van der Waals surface area (Å²) in [4.78, 5) is 18.7. The molecule has 2 amide bonds. The Labute approximate surface area is 154 Å². The fourth-order valence-corrected chi connectivity index (χ4v) is 3.21. The van der Waals surface area contributed by atoms with E-state index in [2.05, 4.69) is 10.3 Å². The first-order chi connectivity index (χ1) is 12.8. The molecule has 1 aromatic carbocycles. The van der Waals surface area contributed by atoms with Crippen LogP contribution in [0.2, 0.25) is 0 Å². The van der Waals surface area contributed by atoms with E-state index in [1.807, 2.05) is 41.3 Å². The van der Waals surface area contributed by atoms with Crippen molar-refractivity contribution in [2.45, 2.75) is 25.5 Å². The number of hydrogen-bond donors (Lipinski definition) is 1. The van der Waals surface area contributed by atoms with Crippen molar-refractivity contribution < 1.29 is 14.3 Å². The molecule has 0 aliphatic carbocycles. The summed E-state index contributed by atoms with van der Waals surface area (Å²) in [7, 11) is 1.65. The normalized spacial score (nSPS) is 16.7. The van der Waals surface area contributed by atoms with Crippen molar-refractivity contribution in [3.05, 3.63) is 59.9 Å². The first kappa shape index (κ1) is 18.4. The Kier molecular flexibility index (Phi) is 6.57. The molecule has 0 unspecified atom stereocenters. The zero-order chi connectivity index (χ0) is 18.2. The van der Waals surface area contributed by atoms with Crippen LogP contribution in [0.15, 0.2) is 48.8 Å². The smallest absolute Gasteiger partial charge is 0.322 e. The summed E-state index contributed by atoms with van der Waals surface area (Å²) in [6, 6.07) is 11.8. The molecule has 1 atom stereocenters. The lowest BCUT2D eigenvalue weighted by molar-refractivity contribution is 0.0617. The fourth-order valence-electron chi connectivity index (χ4n) is 3.21. The number of methoxy groups -OCH3 is 1. The van der Waals surface area contributed by atoms with Gasteiger partial charge < -0.3 is 19.7 Å². The number of benzene rings is 1. The standard InChI is InChI=1S/C20H25N3O3/c1-25-12-13-26-15-16-4-2-5-18(14-16)22-20(24)23-11-3-6-19(23)17-7-9-21-10-8-17/h2,4-5,7-10,14,19H,3,6,11-13,15H2,1H3,(H,22,24)/t19-/m0/s1. The third-order valence-electron chi connectivity index (χ3n) is 4.48. The number of nitrogens with zero attached hydrogens (tertiary/aromatic N) is 2. The van der Waals surface area contributed by atoms with Crippen molar-refractivity contribution in [1.82, 2.24) is 9.88 Å². The van der Waals surface area contributed by atoms with Crippen LogP contribution in [0.3, 0.4) is 0 Å². The van der Waals surface area contributed by atoms with E-state index in [4.69, 9.17) is 9.47 Å². The summed E-state index contributed by atoms with van der Waals surface area (Å²) in [6.07, 6.45) is 5.53. The first-order valence-electron chi connectivity index (χ1n) is 8.91. The second kappa shape index (κ2) is 9.31. The molecule has 1 saturated heterocycles. The third-order valence-corrected chi connectivity index (χ3v) is 4.48. The van der Waals surface area contributed by atoms with Gasteiger partial charge in [0.15, 0.2) is 0 Å². The molecule has 3 rings (SSSR count). The van der Waals surface area contributed by atoms with Gasteiger partial charge in [0.05, 0.1) is 25.9 Å². The monoisotopic (exact) mass is 355 g/mol. The summed E-state index contributed by atoms with van der Waals surface area (Å²) >= 11 is 0. The molecule has 1 fully saturated rings. The number of rotatable bonds is 7. The Morgan fingerprint density at radius 3 is 2.92 bits per heavy atom. The van der Waals surface area contributed by atoms with Crippen LogP contribution in [-0.2, 0) is 16.1 Å². The molecule has 26 heavy (non-hydrogen) atoms. The number of urea groups is 1. The largest absolute Gasteiger partial charge is 0.382 e. The molecule has 0 bridgehead atoms. The Hall–Kier alpha value is -2.44. The van der Waals surface area contributed by atoms with E-state index in [1.54, 1.807) is 19.5 Å². The average molecular weight is 355 g/mol. The molecule has 138 valence electrons. The van der Waals surface area contributed by atoms with Gasteiger partial charge in [0, 0.05) is 31.7 Å². The Morgan fingerprint density at radius 2 is 2.12 bits per heavy atom. The van der Waals surface area contributed by atoms with Crippen LogP contribution in [0, 0.1) is 0 Å². The molecule has 0 saturated carbocycles. The van der Waals surface area contributed by atoms with Gasteiger partial charge >= 0.3 is 6.03 Å². The lowest BCUT2D eigenvalue weighted by atomic mass is 10.1. The Morgan fingerprint density at radius 1 is 1.27 bits per heavy atom. The molecule has 1 aliphatic heterocycles. The number of amides is 2. The maximum absolute atomic E-state index is 12.8. The second-order valence-corrected chi connectivity index (χ2v) is 6.31. The van der Waals surface area contributed by atoms with E-state index in [0.29, 0.717) is 19.8 Å². The molecule has 1 aliphatic rings. The fraction of sp³-hybridized carbons (Fsp3) is 0.400. The highest BCUT2D eigenvalue weighted by molar-refractivity contribution is 5.89. The van der Waals surface area contributed by atoms with Crippen molar-refractivity contribution in [3.63, 3.8) is 0 Å². The van der Waals surface area contributed by atoms with Gasteiger partial charge in [-0.05, 0) is 48.2 Å². The van der Waals surface area contributed by atoms with Crippen molar-refractivity contribution in [1.29, 1.82) is 0 Å². The van der Waals surface area contributed by atoms with Gasteiger partial charge in [-0.1, -0.05) is 12.1 Å². The minimum atomic E-state index is -0.0678. The number of ether oxygens (including phenoxy) is 2. The molecule has 2 aromatic rings. The minimum absolute atomic E-state index is 0.0678. The number of hydrogen-bond acceptors (Lipinski definition) is 4. The lowest BCUT2D eigenvalue weighted by Gasteiger charge is -2.25. The van der Waals surface area contributed by atoms with Crippen LogP contribution in [-0.4, -0.2) is 42.8 Å². The molecule has 6 heteroatoms. The summed E-state index contributed by atoms with van der Waals surface area (Å²) in [5.41, 5.74) is 2.93. The average Bonchev–Trinajstić information content (AvgIpc) is 3.16. The number of likely N-dealkylation sites (tertiary alicyclic amines) is 1. The molecular formula is C20H25N3O3. The Balaban J connectivity index is 1.60. The molecule has 6 nitrogen and oxygen atoms in total. The van der Waals surface area contributed by atoms with E-state index in [-0.39, 0.29) is 12.1 Å². The summed E-state index contributed by atoms with van der Waals surface area (Å²) in [5.74, 6) is 0. The summed E-state index contributed by atoms with van der Waals surface area (Å²) in [6.45, 7) is 2.38. The molecule has 0 spiro atoms. The second-order valence-electron chi connectivity index (χ2n) is 6.31. The highest BCUT2D eigenvalue weighted by Gasteiger charge is 2.29. The topological polar surface area (TPSA) is 63.7 Å². The minimum Gasteiger partial charge on any atom is -0.382 e. The van der Waals surface area contributed by atoms with Crippen LogP contribution in [0.5, 0.6) is 0 Å². The molecule has 2 heterocycles. The third kappa shape index (κ3) is 4.80. The number of pyridine rings is 1. The van der Waals surface area contributed by atoms with Crippen molar-refractivity contribution in [3.8, 4) is 0 Å². The van der Waals surface area contributed by atoms with Crippen LogP contribution >= 0.6 is 0 Å². The highest BCUT2D eigenvalue weighted by Crippen LogP contribution is 2.32. The number of carbonyl (C=O) groups is 1. The zero-order valence-corrected chi connectivity index (χ0v) is 15.1. The first-order valence-corrected chi connectivity index (χ1v) is 8.91. The van der Waals surface area contributed by atoms with Gasteiger partial charge in [-0.15, -0.1) is 0 Å². The predicted octanol–water partition coefficient (Wildman–Crippen LogP) is 3.61. The van der Waals surface area contributed by atoms with E-state index < -0.39 is 0 Å². The van der Waals surface area contributed by atoms with Gasteiger partial charge in [0.2, 0.25) is 0 Å². The van der Waals surface area contributed by atoms with E-state index in [9.17, 15) is 4.79 Å². The molecule has 1 aromatic heterocycles. The number of nitrogens with one attached hydrogen (secondary N) is 1. The summed E-state index contributed by atoms with van der Waals surface area (Å²) < 4.78 is 10.5.